The molecule has 1 atom stereocenters. The molecule has 0 saturated carbocycles. The van der Waals surface area contributed by atoms with Crippen LogP contribution in [-0.4, -0.2) is 39.8 Å². The van der Waals surface area contributed by atoms with Crippen LogP contribution in [0.25, 0.3) is 0 Å². The van der Waals surface area contributed by atoms with Crippen molar-refractivity contribution >= 4 is 15.5 Å². The minimum absolute atomic E-state index is 0.149. The maximum Gasteiger partial charge on any atom is 0.178 e. The van der Waals surface area contributed by atoms with Crippen LogP contribution >= 0.6 is 0 Å². The molecule has 1 fully saturated rings. The van der Waals surface area contributed by atoms with Gasteiger partial charge in [0.05, 0.1) is 10.6 Å². The fourth-order valence-corrected chi connectivity index (χ4v) is 3.12. The second-order valence-electron chi connectivity index (χ2n) is 4.64. The zero-order valence-corrected chi connectivity index (χ0v) is 11.7. The van der Waals surface area contributed by atoms with E-state index >= 15 is 0 Å². The summed E-state index contributed by atoms with van der Waals surface area (Å²) in [4.78, 5) is 2.72. The Hall–Kier alpha value is -1.07. The van der Waals surface area contributed by atoms with E-state index in [1.165, 1.54) is 0 Å². The highest BCUT2D eigenvalue weighted by Gasteiger charge is 2.19. The summed E-state index contributed by atoms with van der Waals surface area (Å²) in [6.07, 6.45) is 0. The third-order valence-corrected chi connectivity index (χ3v) is 5.16. The third kappa shape index (κ3) is 2.67. The molecule has 4 nitrogen and oxygen atoms in total. The lowest BCUT2D eigenvalue weighted by atomic mass is 10.2. The van der Waals surface area contributed by atoms with Gasteiger partial charge in [-0.2, -0.15) is 0 Å². The van der Waals surface area contributed by atoms with Crippen molar-refractivity contribution in [3.8, 4) is 0 Å². The van der Waals surface area contributed by atoms with E-state index in [2.05, 4.69) is 17.1 Å². The largest absolute Gasteiger partial charge is 0.366 e. The summed E-state index contributed by atoms with van der Waals surface area (Å²) in [5, 5.41) is 3.34. The Kier molecular flexibility index (Phi) is 3.92. The third-order valence-electron chi connectivity index (χ3n) is 3.41. The Labute approximate surface area is 109 Å². The Morgan fingerprint density at radius 2 is 2.00 bits per heavy atom. The summed E-state index contributed by atoms with van der Waals surface area (Å²) in [6.45, 7) is 6.74. The van der Waals surface area contributed by atoms with Gasteiger partial charge >= 0.3 is 0 Å². The van der Waals surface area contributed by atoms with Crippen molar-refractivity contribution < 1.29 is 8.42 Å². The van der Waals surface area contributed by atoms with Crippen LogP contribution in [0.15, 0.2) is 29.2 Å². The molecule has 1 aliphatic rings. The minimum atomic E-state index is -3.09. The molecule has 1 unspecified atom stereocenters. The van der Waals surface area contributed by atoms with E-state index in [1.807, 2.05) is 12.1 Å². The first-order chi connectivity index (χ1) is 8.54. The monoisotopic (exact) mass is 268 g/mol. The molecule has 100 valence electrons. The van der Waals surface area contributed by atoms with E-state index in [0.717, 1.165) is 25.3 Å². The second kappa shape index (κ2) is 5.28. The molecular weight excluding hydrogens is 248 g/mol. The van der Waals surface area contributed by atoms with Crippen LogP contribution in [0.2, 0.25) is 0 Å². The van der Waals surface area contributed by atoms with Gasteiger partial charge in [-0.1, -0.05) is 6.92 Å². The van der Waals surface area contributed by atoms with Gasteiger partial charge in [0.1, 0.15) is 0 Å². The summed E-state index contributed by atoms with van der Waals surface area (Å²) in [6, 6.07) is 7.67. The zero-order valence-electron chi connectivity index (χ0n) is 10.9. The predicted octanol–water partition coefficient (Wildman–Crippen LogP) is 1.28. The van der Waals surface area contributed by atoms with E-state index in [0.29, 0.717) is 10.9 Å². The summed E-state index contributed by atoms with van der Waals surface area (Å²) < 4.78 is 23.5. The second-order valence-corrected chi connectivity index (χ2v) is 6.92. The van der Waals surface area contributed by atoms with Crippen LogP contribution in [0.1, 0.15) is 13.8 Å². The molecular formula is C13H20N2O2S. The highest BCUT2D eigenvalue weighted by Crippen LogP contribution is 2.21. The summed E-state index contributed by atoms with van der Waals surface area (Å²) in [5.74, 6) is 0.149. The first-order valence-electron chi connectivity index (χ1n) is 6.35. The molecule has 0 bridgehead atoms. The Morgan fingerprint density at radius 3 is 2.56 bits per heavy atom. The van der Waals surface area contributed by atoms with Crippen LogP contribution in [-0.2, 0) is 9.84 Å². The van der Waals surface area contributed by atoms with Gasteiger partial charge in [-0.05, 0) is 31.2 Å². The Balaban J connectivity index is 2.22. The van der Waals surface area contributed by atoms with Gasteiger partial charge in [-0.25, -0.2) is 8.42 Å². The van der Waals surface area contributed by atoms with Crippen molar-refractivity contribution in [1.82, 2.24) is 5.32 Å². The lowest BCUT2D eigenvalue weighted by Gasteiger charge is -2.36. The Morgan fingerprint density at radius 1 is 1.33 bits per heavy atom. The molecule has 2 rings (SSSR count). The van der Waals surface area contributed by atoms with E-state index in [4.69, 9.17) is 0 Å². The number of piperazine rings is 1. The number of hydrogen-bond acceptors (Lipinski definition) is 4. The predicted molar refractivity (Wildman–Crippen MR) is 73.8 cm³/mol. The van der Waals surface area contributed by atoms with Crippen molar-refractivity contribution in [2.24, 2.45) is 0 Å². The van der Waals surface area contributed by atoms with Gasteiger partial charge in [0.25, 0.3) is 0 Å². The average molecular weight is 268 g/mol. The molecule has 1 aliphatic heterocycles. The van der Waals surface area contributed by atoms with Crippen molar-refractivity contribution in [2.45, 2.75) is 24.8 Å². The van der Waals surface area contributed by atoms with Crippen LogP contribution in [0.5, 0.6) is 0 Å². The molecule has 5 heteroatoms. The maximum atomic E-state index is 11.7. The highest BCUT2D eigenvalue weighted by atomic mass is 32.2. The first kappa shape index (κ1) is 13.4. The molecule has 0 amide bonds. The van der Waals surface area contributed by atoms with E-state index in [9.17, 15) is 8.42 Å². The molecule has 1 heterocycles. The van der Waals surface area contributed by atoms with Crippen LogP contribution in [0.4, 0.5) is 5.69 Å². The van der Waals surface area contributed by atoms with Crippen molar-refractivity contribution in [2.75, 3.05) is 30.3 Å². The molecule has 0 aliphatic carbocycles. The molecule has 1 saturated heterocycles. The Bertz CT molecular complexity index is 496. The number of anilines is 1. The smallest absolute Gasteiger partial charge is 0.178 e. The van der Waals surface area contributed by atoms with Gasteiger partial charge in [0.2, 0.25) is 0 Å². The lowest BCUT2D eigenvalue weighted by Crippen LogP contribution is -2.49. The standard InChI is InChI=1S/C13H20N2O2S/c1-3-18(16,17)13-6-4-12(5-7-13)15-9-8-14-10-11(15)2/h4-7,11,14H,3,8-10H2,1-2H3. The number of nitrogens with zero attached hydrogens (tertiary/aromatic N) is 1. The number of rotatable bonds is 3. The molecule has 0 radical (unpaired) electrons. The summed E-state index contributed by atoms with van der Waals surface area (Å²) in [7, 11) is -3.09. The summed E-state index contributed by atoms with van der Waals surface area (Å²) >= 11 is 0. The average Bonchev–Trinajstić information content (AvgIpc) is 2.39. The lowest BCUT2D eigenvalue weighted by molar-refractivity contribution is 0.501. The molecule has 0 aromatic heterocycles. The molecule has 0 spiro atoms. The van der Waals surface area contributed by atoms with Gasteiger partial charge in [0, 0.05) is 31.4 Å². The molecule has 1 N–H and O–H groups in total. The highest BCUT2D eigenvalue weighted by molar-refractivity contribution is 7.91. The van der Waals surface area contributed by atoms with E-state index < -0.39 is 9.84 Å². The van der Waals surface area contributed by atoms with E-state index in [1.54, 1.807) is 19.1 Å². The molecule has 1 aromatic carbocycles. The van der Waals surface area contributed by atoms with Gasteiger partial charge in [0.15, 0.2) is 9.84 Å². The van der Waals surface area contributed by atoms with Crippen molar-refractivity contribution in [3.05, 3.63) is 24.3 Å². The van der Waals surface area contributed by atoms with Crippen molar-refractivity contribution in [1.29, 1.82) is 0 Å². The minimum Gasteiger partial charge on any atom is -0.366 e. The fourth-order valence-electron chi connectivity index (χ4n) is 2.24. The molecule has 1 aromatic rings. The van der Waals surface area contributed by atoms with Crippen molar-refractivity contribution in [3.63, 3.8) is 0 Å². The maximum absolute atomic E-state index is 11.7. The van der Waals surface area contributed by atoms with Gasteiger partial charge in [-0.3, -0.25) is 0 Å². The van der Waals surface area contributed by atoms with Crippen LogP contribution in [0.3, 0.4) is 0 Å². The fraction of sp³-hybridized carbons (Fsp3) is 0.538. The topological polar surface area (TPSA) is 49.4 Å². The SMILES string of the molecule is CCS(=O)(=O)c1ccc(N2CCNCC2C)cc1. The number of benzene rings is 1. The van der Waals surface area contributed by atoms with Gasteiger partial charge in [-0.15, -0.1) is 0 Å². The summed E-state index contributed by atoms with van der Waals surface area (Å²) in [5.41, 5.74) is 1.10. The first-order valence-corrected chi connectivity index (χ1v) is 8.00. The van der Waals surface area contributed by atoms with E-state index in [-0.39, 0.29) is 5.75 Å². The number of sulfone groups is 1. The molecule has 18 heavy (non-hydrogen) atoms. The number of hydrogen-bond donors (Lipinski definition) is 1. The zero-order chi connectivity index (χ0) is 13.2. The number of nitrogens with one attached hydrogen (secondary N) is 1. The normalized spacial score (nSPS) is 21.0. The quantitative estimate of drug-likeness (QED) is 0.897. The van der Waals surface area contributed by atoms with Gasteiger partial charge < -0.3 is 10.2 Å². The van der Waals surface area contributed by atoms with Crippen LogP contribution in [0, 0.1) is 0 Å². The van der Waals surface area contributed by atoms with Crippen LogP contribution < -0.4 is 10.2 Å².